The van der Waals surface area contributed by atoms with E-state index in [1.807, 2.05) is 42.2 Å². The summed E-state index contributed by atoms with van der Waals surface area (Å²) in [5.41, 5.74) is 6.78. The molecule has 0 saturated carbocycles. The molecule has 1 aliphatic rings. The monoisotopic (exact) mass is 345 g/mol. The van der Waals surface area contributed by atoms with E-state index in [1.54, 1.807) is 0 Å². The lowest BCUT2D eigenvalue weighted by molar-refractivity contribution is -0.134. The van der Waals surface area contributed by atoms with Crippen LogP contribution in [-0.4, -0.2) is 41.9 Å². The maximum absolute atomic E-state index is 12.9. The van der Waals surface area contributed by atoms with Gasteiger partial charge in [-0.3, -0.25) is 9.59 Å². The average molecular weight is 345 g/mol. The van der Waals surface area contributed by atoms with Gasteiger partial charge in [-0.1, -0.05) is 37.3 Å². The van der Waals surface area contributed by atoms with Crippen molar-refractivity contribution in [2.75, 3.05) is 13.1 Å². The maximum atomic E-state index is 12.9. The molecule has 1 fully saturated rings. The Morgan fingerprint density at radius 3 is 2.44 bits per heavy atom. The Balaban J connectivity index is 1.82. The minimum Gasteiger partial charge on any atom is -0.353 e. The van der Waals surface area contributed by atoms with Crippen LogP contribution in [-0.2, 0) is 9.59 Å². The summed E-state index contributed by atoms with van der Waals surface area (Å²) in [4.78, 5) is 26.7. The number of hydrogen-bond acceptors (Lipinski definition) is 3. The summed E-state index contributed by atoms with van der Waals surface area (Å²) in [5, 5.41) is 3.08. The molecular formula is C20H31N3O2. The van der Waals surface area contributed by atoms with Gasteiger partial charge in [-0.15, -0.1) is 0 Å². The third-order valence-corrected chi connectivity index (χ3v) is 4.91. The zero-order valence-corrected chi connectivity index (χ0v) is 15.4. The Hall–Kier alpha value is -1.88. The second-order valence-corrected chi connectivity index (χ2v) is 7.05. The lowest BCUT2D eigenvalue weighted by Crippen LogP contribution is -2.47. The van der Waals surface area contributed by atoms with Crippen molar-refractivity contribution in [3.8, 4) is 0 Å². The van der Waals surface area contributed by atoms with Gasteiger partial charge >= 0.3 is 0 Å². The predicted octanol–water partition coefficient (Wildman–Crippen LogP) is 2.41. The average Bonchev–Trinajstić information content (AvgIpc) is 2.62. The molecule has 138 valence electrons. The SMILES string of the molecule is CCC(C(=O)N1CCC(NC(=O)CCC(C)N)CC1)c1ccccc1. The summed E-state index contributed by atoms with van der Waals surface area (Å²) in [6, 6.07) is 10.2. The van der Waals surface area contributed by atoms with Gasteiger partial charge in [0.25, 0.3) is 0 Å². The molecule has 2 amide bonds. The predicted molar refractivity (Wildman–Crippen MR) is 100 cm³/mol. The first-order valence-electron chi connectivity index (χ1n) is 9.40. The number of carbonyl (C=O) groups excluding carboxylic acids is 2. The Labute approximate surface area is 151 Å². The molecule has 0 aliphatic carbocycles. The van der Waals surface area contributed by atoms with E-state index in [1.165, 1.54) is 0 Å². The Morgan fingerprint density at radius 1 is 1.24 bits per heavy atom. The van der Waals surface area contributed by atoms with Gasteiger partial charge in [0.15, 0.2) is 0 Å². The number of hydrogen-bond donors (Lipinski definition) is 2. The van der Waals surface area contributed by atoms with E-state index in [0.717, 1.165) is 24.8 Å². The largest absolute Gasteiger partial charge is 0.353 e. The maximum Gasteiger partial charge on any atom is 0.230 e. The van der Waals surface area contributed by atoms with E-state index >= 15 is 0 Å². The van der Waals surface area contributed by atoms with Crippen molar-refractivity contribution in [2.45, 2.75) is 64.0 Å². The van der Waals surface area contributed by atoms with Crippen LogP contribution >= 0.6 is 0 Å². The van der Waals surface area contributed by atoms with Crippen molar-refractivity contribution in [3.05, 3.63) is 35.9 Å². The summed E-state index contributed by atoms with van der Waals surface area (Å²) < 4.78 is 0. The fourth-order valence-electron chi connectivity index (χ4n) is 3.36. The van der Waals surface area contributed by atoms with Gasteiger partial charge < -0.3 is 16.0 Å². The van der Waals surface area contributed by atoms with Crippen LogP contribution in [0.3, 0.4) is 0 Å². The molecule has 25 heavy (non-hydrogen) atoms. The molecule has 5 nitrogen and oxygen atoms in total. The highest BCUT2D eigenvalue weighted by atomic mass is 16.2. The van der Waals surface area contributed by atoms with Crippen molar-refractivity contribution in [1.29, 1.82) is 0 Å². The number of piperidine rings is 1. The van der Waals surface area contributed by atoms with E-state index in [2.05, 4.69) is 12.2 Å². The third-order valence-electron chi connectivity index (χ3n) is 4.91. The zero-order valence-electron chi connectivity index (χ0n) is 15.4. The first kappa shape index (κ1) is 19.4. The Bertz CT molecular complexity index is 551. The summed E-state index contributed by atoms with van der Waals surface area (Å²) in [7, 11) is 0. The molecule has 3 N–H and O–H groups in total. The van der Waals surface area contributed by atoms with E-state index < -0.39 is 0 Å². The lowest BCUT2D eigenvalue weighted by Gasteiger charge is -2.34. The van der Waals surface area contributed by atoms with Crippen LogP contribution in [0.4, 0.5) is 0 Å². The smallest absolute Gasteiger partial charge is 0.230 e. The minimum absolute atomic E-state index is 0.0502. The lowest BCUT2D eigenvalue weighted by atomic mass is 9.93. The fourth-order valence-corrected chi connectivity index (χ4v) is 3.36. The second-order valence-electron chi connectivity index (χ2n) is 7.05. The van der Waals surface area contributed by atoms with Crippen LogP contribution in [0.15, 0.2) is 30.3 Å². The molecule has 5 heteroatoms. The van der Waals surface area contributed by atoms with Gasteiger partial charge in [-0.2, -0.15) is 0 Å². The summed E-state index contributed by atoms with van der Waals surface area (Å²) in [6.07, 6.45) is 3.62. The highest BCUT2D eigenvalue weighted by Crippen LogP contribution is 2.24. The molecule has 0 radical (unpaired) electrons. The normalized spacial score (nSPS) is 17.8. The molecular weight excluding hydrogens is 314 g/mol. The van der Waals surface area contributed by atoms with Crippen molar-refractivity contribution < 1.29 is 9.59 Å². The van der Waals surface area contributed by atoms with Gasteiger partial charge in [-0.25, -0.2) is 0 Å². The zero-order chi connectivity index (χ0) is 18.2. The standard InChI is InChI=1S/C20H31N3O2/c1-3-18(16-7-5-4-6-8-16)20(25)23-13-11-17(12-14-23)22-19(24)10-9-15(2)21/h4-8,15,17-18H,3,9-14,21H2,1-2H3,(H,22,24). The number of nitrogens with two attached hydrogens (primary N) is 1. The number of likely N-dealkylation sites (tertiary alicyclic amines) is 1. The minimum atomic E-state index is -0.0709. The first-order chi connectivity index (χ1) is 12.0. The van der Waals surface area contributed by atoms with Crippen molar-refractivity contribution in [2.24, 2.45) is 5.73 Å². The third kappa shape index (κ3) is 5.85. The molecule has 1 aromatic carbocycles. The second kappa shape index (κ2) is 9.56. The van der Waals surface area contributed by atoms with E-state index in [9.17, 15) is 9.59 Å². The van der Waals surface area contributed by atoms with Crippen LogP contribution in [0.2, 0.25) is 0 Å². The number of amides is 2. The van der Waals surface area contributed by atoms with Crippen molar-refractivity contribution >= 4 is 11.8 Å². The Kier molecular flexibility index (Phi) is 7.44. The quantitative estimate of drug-likeness (QED) is 0.797. The summed E-state index contributed by atoms with van der Waals surface area (Å²) in [6.45, 7) is 5.38. The molecule has 1 aromatic rings. The number of benzene rings is 1. The molecule has 2 unspecified atom stereocenters. The highest BCUT2D eigenvalue weighted by molar-refractivity contribution is 5.84. The molecule has 0 spiro atoms. The van der Waals surface area contributed by atoms with Crippen LogP contribution in [0.25, 0.3) is 0 Å². The molecule has 1 heterocycles. The van der Waals surface area contributed by atoms with Crippen LogP contribution in [0, 0.1) is 0 Å². The summed E-state index contributed by atoms with van der Waals surface area (Å²) >= 11 is 0. The van der Waals surface area contributed by atoms with Crippen LogP contribution in [0.5, 0.6) is 0 Å². The van der Waals surface area contributed by atoms with Crippen molar-refractivity contribution in [3.63, 3.8) is 0 Å². The molecule has 0 aromatic heterocycles. The van der Waals surface area contributed by atoms with E-state index in [0.29, 0.717) is 25.9 Å². The van der Waals surface area contributed by atoms with E-state index in [4.69, 9.17) is 5.73 Å². The van der Waals surface area contributed by atoms with E-state index in [-0.39, 0.29) is 29.8 Å². The Morgan fingerprint density at radius 2 is 1.88 bits per heavy atom. The molecule has 1 aliphatic heterocycles. The number of nitrogens with zero attached hydrogens (tertiary/aromatic N) is 1. The van der Waals surface area contributed by atoms with Gasteiger partial charge in [-0.05, 0) is 38.2 Å². The fraction of sp³-hybridized carbons (Fsp3) is 0.600. The topological polar surface area (TPSA) is 75.4 Å². The molecule has 2 rings (SSSR count). The number of carbonyl (C=O) groups is 2. The molecule has 1 saturated heterocycles. The van der Waals surface area contributed by atoms with Crippen LogP contribution in [0.1, 0.15) is 57.4 Å². The number of rotatable bonds is 7. The molecule has 0 bridgehead atoms. The highest BCUT2D eigenvalue weighted by Gasteiger charge is 2.28. The van der Waals surface area contributed by atoms with Gasteiger partial charge in [0, 0.05) is 31.6 Å². The van der Waals surface area contributed by atoms with Gasteiger partial charge in [0.1, 0.15) is 0 Å². The first-order valence-corrected chi connectivity index (χ1v) is 9.40. The summed E-state index contributed by atoms with van der Waals surface area (Å²) in [5.74, 6) is 0.201. The number of nitrogens with one attached hydrogen (secondary N) is 1. The van der Waals surface area contributed by atoms with Crippen LogP contribution < -0.4 is 11.1 Å². The van der Waals surface area contributed by atoms with Crippen molar-refractivity contribution in [1.82, 2.24) is 10.2 Å². The van der Waals surface area contributed by atoms with Gasteiger partial charge in [0.2, 0.25) is 11.8 Å². The molecule has 2 atom stereocenters. The van der Waals surface area contributed by atoms with Gasteiger partial charge in [0.05, 0.1) is 5.92 Å².